The van der Waals surface area contributed by atoms with Crippen LogP contribution in [0.4, 0.5) is 0 Å². The van der Waals surface area contributed by atoms with Gasteiger partial charge in [-0.1, -0.05) is 13.8 Å². The molecule has 2 N–H and O–H groups in total. The number of nitrogens with zero attached hydrogens (tertiary/aromatic N) is 1. The minimum absolute atomic E-state index is 0.597. The molecule has 0 saturated carbocycles. The van der Waals surface area contributed by atoms with E-state index in [9.17, 15) is 0 Å². The van der Waals surface area contributed by atoms with Crippen LogP contribution in [0.15, 0.2) is 23.4 Å². The first-order chi connectivity index (χ1) is 6.72. The number of hydrogen-bond donors (Lipinski definition) is 1. The topological polar surface area (TPSA) is 38.9 Å². The van der Waals surface area contributed by atoms with Crippen LogP contribution in [0, 0.1) is 5.92 Å². The van der Waals surface area contributed by atoms with Crippen molar-refractivity contribution in [3.8, 4) is 0 Å². The minimum atomic E-state index is 0.597. The van der Waals surface area contributed by atoms with E-state index in [1.54, 1.807) is 0 Å². The molecule has 0 bridgehead atoms. The number of pyridine rings is 1. The lowest BCUT2D eigenvalue weighted by atomic mass is 10.2. The summed E-state index contributed by atoms with van der Waals surface area (Å²) in [5, 5.41) is 1.09. The molecule has 0 fully saturated rings. The minimum Gasteiger partial charge on any atom is -0.326 e. The van der Waals surface area contributed by atoms with Crippen molar-refractivity contribution >= 4 is 11.8 Å². The molecule has 1 heterocycles. The average molecular weight is 210 g/mol. The van der Waals surface area contributed by atoms with Gasteiger partial charge in [0, 0.05) is 12.7 Å². The van der Waals surface area contributed by atoms with E-state index < -0.39 is 0 Å². The Hall–Kier alpha value is -0.540. The van der Waals surface area contributed by atoms with Crippen LogP contribution in [0.5, 0.6) is 0 Å². The molecule has 14 heavy (non-hydrogen) atoms. The molecule has 0 unspecified atom stereocenters. The van der Waals surface area contributed by atoms with Crippen molar-refractivity contribution in [1.82, 2.24) is 4.98 Å². The van der Waals surface area contributed by atoms with Gasteiger partial charge in [0.15, 0.2) is 0 Å². The zero-order valence-corrected chi connectivity index (χ0v) is 9.68. The van der Waals surface area contributed by atoms with Gasteiger partial charge < -0.3 is 5.73 Å². The molecular formula is C11H18N2S. The number of nitrogens with two attached hydrogens (primary N) is 1. The quantitative estimate of drug-likeness (QED) is 0.759. The van der Waals surface area contributed by atoms with Crippen LogP contribution < -0.4 is 5.73 Å². The normalized spacial score (nSPS) is 10.9. The summed E-state index contributed by atoms with van der Waals surface area (Å²) >= 11 is 1.81. The van der Waals surface area contributed by atoms with Crippen molar-refractivity contribution in [1.29, 1.82) is 0 Å². The fourth-order valence-electron chi connectivity index (χ4n) is 1.06. The van der Waals surface area contributed by atoms with Gasteiger partial charge in [-0.05, 0) is 35.8 Å². The van der Waals surface area contributed by atoms with Gasteiger partial charge in [-0.25, -0.2) is 4.98 Å². The predicted molar refractivity (Wildman–Crippen MR) is 62.3 cm³/mol. The Morgan fingerprint density at radius 1 is 1.50 bits per heavy atom. The Labute approximate surface area is 90.3 Å². The Morgan fingerprint density at radius 2 is 2.29 bits per heavy atom. The molecule has 0 radical (unpaired) electrons. The molecular weight excluding hydrogens is 192 g/mol. The number of aromatic nitrogens is 1. The zero-order chi connectivity index (χ0) is 10.4. The van der Waals surface area contributed by atoms with Crippen molar-refractivity contribution in [2.24, 2.45) is 11.7 Å². The number of rotatable bonds is 5. The summed E-state index contributed by atoms with van der Waals surface area (Å²) in [6.07, 6.45) is 3.07. The smallest absolute Gasteiger partial charge is 0.0963 e. The summed E-state index contributed by atoms with van der Waals surface area (Å²) in [4.78, 5) is 4.29. The second kappa shape index (κ2) is 6.04. The molecule has 0 aromatic carbocycles. The average Bonchev–Trinajstić information content (AvgIpc) is 2.18. The molecule has 1 aromatic heterocycles. The fraction of sp³-hybridized carbons (Fsp3) is 0.545. The highest BCUT2D eigenvalue weighted by Crippen LogP contribution is 2.18. The summed E-state index contributed by atoms with van der Waals surface area (Å²) in [7, 11) is 0. The third kappa shape index (κ3) is 4.11. The first-order valence-electron chi connectivity index (χ1n) is 5.00. The van der Waals surface area contributed by atoms with E-state index in [-0.39, 0.29) is 0 Å². The summed E-state index contributed by atoms with van der Waals surface area (Å²) in [5.41, 5.74) is 6.72. The second-order valence-corrected chi connectivity index (χ2v) is 4.85. The molecule has 1 aromatic rings. The molecule has 0 aliphatic rings. The van der Waals surface area contributed by atoms with Crippen molar-refractivity contribution in [3.63, 3.8) is 0 Å². The van der Waals surface area contributed by atoms with E-state index in [2.05, 4.69) is 24.9 Å². The van der Waals surface area contributed by atoms with E-state index in [4.69, 9.17) is 5.73 Å². The maximum Gasteiger partial charge on any atom is 0.0963 e. The Kier molecular flexibility index (Phi) is 4.98. The highest BCUT2D eigenvalue weighted by atomic mass is 32.2. The van der Waals surface area contributed by atoms with Gasteiger partial charge >= 0.3 is 0 Å². The lowest BCUT2D eigenvalue weighted by Crippen LogP contribution is -1.97. The van der Waals surface area contributed by atoms with Crippen LogP contribution in [-0.2, 0) is 6.54 Å². The van der Waals surface area contributed by atoms with Gasteiger partial charge in [0.05, 0.1) is 5.03 Å². The highest BCUT2D eigenvalue weighted by molar-refractivity contribution is 7.99. The van der Waals surface area contributed by atoms with Crippen LogP contribution in [-0.4, -0.2) is 10.7 Å². The van der Waals surface area contributed by atoms with Gasteiger partial charge in [-0.2, -0.15) is 0 Å². The molecule has 3 heteroatoms. The van der Waals surface area contributed by atoms with Crippen LogP contribution >= 0.6 is 11.8 Å². The number of hydrogen-bond acceptors (Lipinski definition) is 3. The van der Waals surface area contributed by atoms with Gasteiger partial charge in [0.25, 0.3) is 0 Å². The molecule has 0 aliphatic carbocycles. The molecule has 0 atom stereocenters. The van der Waals surface area contributed by atoms with Crippen LogP contribution in [0.1, 0.15) is 25.8 Å². The Balaban J connectivity index is 2.42. The van der Waals surface area contributed by atoms with Gasteiger partial charge in [0.2, 0.25) is 0 Å². The van der Waals surface area contributed by atoms with Crippen LogP contribution in [0.2, 0.25) is 0 Å². The van der Waals surface area contributed by atoms with E-state index in [1.165, 1.54) is 6.42 Å². The Morgan fingerprint density at radius 3 is 2.93 bits per heavy atom. The van der Waals surface area contributed by atoms with Gasteiger partial charge in [0.1, 0.15) is 0 Å². The van der Waals surface area contributed by atoms with Crippen molar-refractivity contribution < 1.29 is 0 Å². The van der Waals surface area contributed by atoms with E-state index in [0.29, 0.717) is 6.54 Å². The Bertz CT molecular complexity index is 274. The molecule has 78 valence electrons. The third-order valence-electron chi connectivity index (χ3n) is 1.98. The second-order valence-electron chi connectivity index (χ2n) is 3.74. The molecule has 0 aliphatic heterocycles. The first kappa shape index (κ1) is 11.5. The van der Waals surface area contributed by atoms with Crippen molar-refractivity contribution in [3.05, 3.63) is 23.9 Å². The van der Waals surface area contributed by atoms with E-state index >= 15 is 0 Å². The van der Waals surface area contributed by atoms with Crippen molar-refractivity contribution in [2.45, 2.75) is 31.8 Å². The molecule has 1 rings (SSSR count). The molecule has 0 amide bonds. The fourth-order valence-corrected chi connectivity index (χ4v) is 2.22. The van der Waals surface area contributed by atoms with Crippen molar-refractivity contribution in [2.75, 3.05) is 5.75 Å². The summed E-state index contributed by atoms with van der Waals surface area (Å²) in [6, 6.07) is 4.04. The maximum absolute atomic E-state index is 5.56. The predicted octanol–water partition coefficient (Wildman–Crippen LogP) is 2.68. The van der Waals surface area contributed by atoms with Crippen LogP contribution in [0.25, 0.3) is 0 Å². The standard InChI is InChI=1S/C11H18N2S/c1-9(2)4-6-14-11-7-10(8-12)3-5-13-11/h3,5,7,9H,4,6,8,12H2,1-2H3. The largest absolute Gasteiger partial charge is 0.326 e. The molecule has 2 nitrogen and oxygen atoms in total. The SMILES string of the molecule is CC(C)CCSc1cc(CN)ccn1. The highest BCUT2D eigenvalue weighted by Gasteiger charge is 1.98. The summed E-state index contributed by atoms with van der Waals surface area (Å²) < 4.78 is 0. The number of thioether (sulfide) groups is 1. The zero-order valence-electron chi connectivity index (χ0n) is 8.86. The first-order valence-corrected chi connectivity index (χ1v) is 5.98. The van der Waals surface area contributed by atoms with E-state index in [1.807, 2.05) is 24.0 Å². The lowest BCUT2D eigenvalue weighted by Gasteiger charge is -2.04. The van der Waals surface area contributed by atoms with Gasteiger partial charge in [-0.3, -0.25) is 0 Å². The summed E-state index contributed by atoms with van der Waals surface area (Å²) in [6.45, 7) is 5.08. The lowest BCUT2D eigenvalue weighted by molar-refractivity contribution is 0.632. The summed E-state index contributed by atoms with van der Waals surface area (Å²) in [5.74, 6) is 1.90. The maximum atomic E-state index is 5.56. The monoisotopic (exact) mass is 210 g/mol. The molecule has 0 saturated heterocycles. The van der Waals surface area contributed by atoms with Gasteiger partial charge in [-0.15, -0.1) is 11.8 Å². The third-order valence-corrected chi connectivity index (χ3v) is 2.94. The molecule has 0 spiro atoms. The van der Waals surface area contributed by atoms with E-state index in [0.717, 1.165) is 22.3 Å². The van der Waals surface area contributed by atoms with Crippen LogP contribution in [0.3, 0.4) is 0 Å².